The van der Waals surface area contributed by atoms with Gasteiger partial charge in [0.25, 0.3) is 5.91 Å². The lowest BCUT2D eigenvalue weighted by Crippen LogP contribution is -2.48. The molecule has 0 aliphatic carbocycles. The number of morpholine rings is 1. The Morgan fingerprint density at radius 3 is 3.10 bits per heavy atom. The molecule has 1 amide bonds. The minimum Gasteiger partial charge on any atom is -0.493 e. The van der Waals surface area contributed by atoms with Gasteiger partial charge in [-0.2, -0.15) is 0 Å². The van der Waals surface area contributed by atoms with E-state index < -0.39 is 6.10 Å². The summed E-state index contributed by atoms with van der Waals surface area (Å²) < 4.78 is 11.0. The van der Waals surface area contributed by atoms with Crippen LogP contribution in [0.2, 0.25) is 5.02 Å². The molecule has 0 spiro atoms. The van der Waals surface area contributed by atoms with E-state index in [0.29, 0.717) is 37.1 Å². The monoisotopic (exact) mass is 312 g/mol. The lowest BCUT2D eigenvalue weighted by atomic mass is 10.2. The van der Waals surface area contributed by atoms with Crippen LogP contribution in [0.25, 0.3) is 0 Å². The van der Waals surface area contributed by atoms with E-state index in [1.54, 1.807) is 12.1 Å². The Kier molecular flexibility index (Phi) is 5.85. The van der Waals surface area contributed by atoms with Crippen LogP contribution in [0.3, 0.4) is 0 Å². The fourth-order valence-corrected chi connectivity index (χ4v) is 2.36. The first-order chi connectivity index (χ1) is 10.1. The van der Waals surface area contributed by atoms with Gasteiger partial charge >= 0.3 is 0 Å². The van der Waals surface area contributed by atoms with Gasteiger partial charge in [-0.05, 0) is 26.1 Å². The molecular formula is C15H21ClN2O3. The molecule has 21 heavy (non-hydrogen) atoms. The van der Waals surface area contributed by atoms with E-state index in [9.17, 15) is 4.79 Å². The zero-order valence-electron chi connectivity index (χ0n) is 12.4. The van der Waals surface area contributed by atoms with Crippen molar-refractivity contribution in [3.63, 3.8) is 0 Å². The standard InChI is InChI=1S/C15H21ClN2O3/c1-3-20-13-8-12(16)5-4-11(13)9-17-15(19)14-10-18(2)6-7-21-14/h4-5,8,14H,3,6-7,9-10H2,1-2H3,(H,17,19). The molecule has 1 saturated heterocycles. The second-order valence-corrected chi connectivity index (χ2v) is 5.46. The van der Waals surface area contributed by atoms with Gasteiger partial charge in [0, 0.05) is 30.2 Å². The predicted molar refractivity (Wildman–Crippen MR) is 81.7 cm³/mol. The summed E-state index contributed by atoms with van der Waals surface area (Å²) in [7, 11) is 1.98. The third-order valence-electron chi connectivity index (χ3n) is 3.34. The molecular weight excluding hydrogens is 292 g/mol. The Morgan fingerprint density at radius 1 is 1.57 bits per heavy atom. The van der Waals surface area contributed by atoms with Crippen LogP contribution in [0, 0.1) is 0 Å². The van der Waals surface area contributed by atoms with Gasteiger partial charge in [-0.1, -0.05) is 17.7 Å². The number of amides is 1. The molecule has 1 atom stereocenters. The number of benzene rings is 1. The first-order valence-electron chi connectivity index (χ1n) is 7.09. The molecule has 1 fully saturated rings. The van der Waals surface area contributed by atoms with E-state index >= 15 is 0 Å². The van der Waals surface area contributed by atoms with Crippen LogP contribution < -0.4 is 10.1 Å². The minimum absolute atomic E-state index is 0.0982. The number of hydrogen-bond donors (Lipinski definition) is 1. The highest BCUT2D eigenvalue weighted by atomic mass is 35.5. The molecule has 1 aromatic carbocycles. The van der Waals surface area contributed by atoms with E-state index in [0.717, 1.165) is 12.1 Å². The van der Waals surface area contributed by atoms with Crippen molar-refractivity contribution in [2.45, 2.75) is 19.6 Å². The SMILES string of the molecule is CCOc1cc(Cl)ccc1CNC(=O)C1CN(C)CCO1. The Hall–Kier alpha value is -1.30. The summed E-state index contributed by atoms with van der Waals surface area (Å²) in [5, 5.41) is 3.51. The van der Waals surface area contributed by atoms with Crippen LogP contribution in [-0.2, 0) is 16.1 Å². The normalized spacial score (nSPS) is 19.3. The number of carbonyl (C=O) groups excluding carboxylic acids is 1. The Balaban J connectivity index is 1.94. The molecule has 1 aliphatic heterocycles. The number of halogens is 1. The fraction of sp³-hybridized carbons (Fsp3) is 0.533. The van der Waals surface area contributed by atoms with Crippen molar-refractivity contribution in [2.24, 2.45) is 0 Å². The van der Waals surface area contributed by atoms with Crippen LogP contribution in [0.1, 0.15) is 12.5 Å². The maximum Gasteiger partial charge on any atom is 0.250 e. The van der Waals surface area contributed by atoms with Crippen molar-refractivity contribution in [3.8, 4) is 5.75 Å². The summed E-state index contributed by atoms with van der Waals surface area (Å²) in [4.78, 5) is 14.2. The average molecular weight is 313 g/mol. The van der Waals surface area contributed by atoms with Crippen LogP contribution in [0.4, 0.5) is 0 Å². The van der Waals surface area contributed by atoms with Crippen LogP contribution in [-0.4, -0.2) is 50.3 Å². The largest absolute Gasteiger partial charge is 0.493 e. The molecule has 0 saturated carbocycles. The number of ether oxygens (including phenoxy) is 2. The summed E-state index contributed by atoms with van der Waals surface area (Å²) in [6.07, 6.45) is -0.411. The predicted octanol–water partition coefficient (Wildman–Crippen LogP) is 1.69. The van der Waals surface area contributed by atoms with Crippen molar-refractivity contribution < 1.29 is 14.3 Å². The Bertz CT molecular complexity index is 496. The molecule has 1 N–H and O–H groups in total. The number of nitrogens with one attached hydrogen (secondary N) is 1. The zero-order chi connectivity index (χ0) is 15.2. The molecule has 1 unspecified atom stereocenters. The summed E-state index contributed by atoms with van der Waals surface area (Å²) in [5.74, 6) is 0.603. The minimum atomic E-state index is -0.411. The lowest BCUT2D eigenvalue weighted by molar-refractivity contribution is -0.138. The third kappa shape index (κ3) is 4.59. The second-order valence-electron chi connectivity index (χ2n) is 5.02. The number of carbonyl (C=O) groups is 1. The maximum atomic E-state index is 12.1. The van der Waals surface area contributed by atoms with Crippen LogP contribution >= 0.6 is 11.6 Å². The van der Waals surface area contributed by atoms with E-state index in [1.807, 2.05) is 20.0 Å². The van der Waals surface area contributed by atoms with Gasteiger partial charge in [-0.25, -0.2) is 0 Å². The molecule has 1 aromatic rings. The van der Waals surface area contributed by atoms with Gasteiger partial charge in [0.15, 0.2) is 0 Å². The van der Waals surface area contributed by atoms with Gasteiger partial charge in [-0.15, -0.1) is 0 Å². The molecule has 2 rings (SSSR count). The van der Waals surface area contributed by atoms with E-state index in [1.165, 1.54) is 0 Å². The first-order valence-corrected chi connectivity index (χ1v) is 7.47. The van der Waals surface area contributed by atoms with Gasteiger partial charge in [0.05, 0.1) is 13.2 Å². The molecule has 0 bridgehead atoms. The molecule has 0 aromatic heterocycles. The second kappa shape index (κ2) is 7.64. The van der Waals surface area contributed by atoms with Crippen molar-refractivity contribution in [1.29, 1.82) is 0 Å². The summed E-state index contributed by atoms with van der Waals surface area (Å²) in [6, 6.07) is 5.41. The van der Waals surface area contributed by atoms with E-state index in [-0.39, 0.29) is 5.91 Å². The van der Waals surface area contributed by atoms with Crippen molar-refractivity contribution >= 4 is 17.5 Å². The number of rotatable bonds is 5. The third-order valence-corrected chi connectivity index (χ3v) is 3.58. The maximum absolute atomic E-state index is 12.1. The average Bonchev–Trinajstić information content (AvgIpc) is 2.46. The van der Waals surface area contributed by atoms with E-state index in [2.05, 4.69) is 10.2 Å². The quantitative estimate of drug-likeness (QED) is 0.899. The zero-order valence-corrected chi connectivity index (χ0v) is 13.2. The first kappa shape index (κ1) is 16.1. The fourth-order valence-electron chi connectivity index (χ4n) is 2.20. The van der Waals surface area contributed by atoms with Gasteiger partial charge in [0.1, 0.15) is 11.9 Å². The highest BCUT2D eigenvalue weighted by Crippen LogP contribution is 2.23. The smallest absolute Gasteiger partial charge is 0.250 e. The topological polar surface area (TPSA) is 50.8 Å². The summed E-state index contributed by atoms with van der Waals surface area (Å²) in [6.45, 7) is 4.92. The van der Waals surface area contributed by atoms with Gasteiger partial charge in [-0.3, -0.25) is 4.79 Å². The summed E-state index contributed by atoms with van der Waals surface area (Å²) >= 11 is 5.96. The lowest BCUT2D eigenvalue weighted by Gasteiger charge is -2.29. The molecule has 116 valence electrons. The van der Waals surface area contributed by atoms with Gasteiger partial charge in [0.2, 0.25) is 0 Å². The Morgan fingerprint density at radius 2 is 2.38 bits per heavy atom. The van der Waals surface area contributed by atoms with Crippen LogP contribution in [0.15, 0.2) is 18.2 Å². The number of hydrogen-bond acceptors (Lipinski definition) is 4. The van der Waals surface area contributed by atoms with E-state index in [4.69, 9.17) is 21.1 Å². The summed E-state index contributed by atoms with van der Waals surface area (Å²) in [5.41, 5.74) is 0.902. The van der Waals surface area contributed by atoms with Crippen LogP contribution in [0.5, 0.6) is 5.75 Å². The van der Waals surface area contributed by atoms with Crippen molar-refractivity contribution in [2.75, 3.05) is 33.4 Å². The molecule has 0 radical (unpaired) electrons. The molecule has 6 heteroatoms. The highest BCUT2D eigenvalue weighted by molar-refractivity contribution is 6.30. The number of likely N-dealkylation sites (N-methyl/N-ethyl adjacent to an activating group) is 1. The Labute approximate surface area is 130 Å². The van der Waals surface area contributed by atoms with Crippen molar-refractivity contribution in [3.05, 3.63) is 28.8 Å². The molecule has 1 aliphatic rings. The molecule has 1 heterocycles. The number of nitrogens with zero attached hydrogens (tertiary/aromatic N) is 1. The molecule has 5 nitrogen and oxygen atoms in total. The highest BCUT2D eigenvalue weighted by Gasteiger charge is 2.24. The van der Waals surface area contributed by atoms with Crippen molar-refractivity contribution in [1.82, 2.24) is 10.2 Å². The van der Waals surface area contributed by atoms with Gasteiger partial charge < -0.3 is 19.7 Å².